The SMILES string of the molecule is CCCCNC(=O)[C@@H](C)N(Cc1cccc(Br)c1)C(=O)COc1ccc(Cl)cc1Br. The van der Waals surface area contributed by atoms with E-state index in [-0.39, 0.29) is 18.4 Å². The Morgan fingerprint density at radius 1 is 1.20 bits per heavy atom. The lowest BCUT2D eigenvalue weighted by Gasteiger charge is -2.29. The van der Waals surface area contributed by atoms with E-state index in [2.05, 4.69) is 44.1 Å². The Morgan fingerprint density at radius 2 is 1.97 bits per heavy atom. The lowest BCUT2D eigenvalue weighted by atomic mass is 10.1. The highest BCUT2D eigenvalue weighted by Gasteiger charge is 2.26. The molecule has 0 radical (unpaired) electrons. The maximum atomic E-state index is 13.0. The molecule has 0 aliphatic heterocycles. The van der Waals surface area contributed by atoms with Gasteiger partial charge in [-0.25, -0.2) is 0 Å². The number of amides is 2. The van der Waals surface area contributed by atoms with Gasteiger partial charge in [-0.1, -0.05) is 53.0 Å². The summed E-state index contributed by atoms with van der Waals surface area (Å²) in [5, 5.41) is 3.46. The Hall–Kier alpha value is -1.57. The molecule has 0 saturated carbocycles. The van der Waals surface area contributed by atoms with Crippen LogP contribution in [0.1, 0.15) is 32.3 Å². The molecule has 2 aromatic carbocycles. The number of ether oxygens (including phenoxy) is 1. The van der Waals surface area contributed by atoms with Gasteiger partial charge in [0, 0.05) is 22.6 Å². The van der Waals surface area contributed by atoms with Crippen LogP contribution in [-0.4, -0.2) is 35.9 Å². The van der Waals surface area contributed by atoms with Gasteiger partial charge >= 0.3 is 0 Å². The molecule has 0 bridgehead atoms. The van der Waals surface area contributed by atoms with Crippen molar-refractivity contribution >= 4 is 55.3 Å². The third kappa shape index (κ3) is 7.60. The highest BCUT2D eigenvalue weighted by Crippen LogP contribution is 2.28. The van der Waals surface area contributed by atoms with Gasteiger partial charge in [-0.15, -0.1) is 0 Å². The largest absolute Gasteiger partial charge is 0.483 e. The van der Waals surface area contributed by atoms with Crippen LogP contribution in [-0.2, 0) is 16.1 Å². The second-order valence-electron chi connectivity index (χ2n) is 6.84. The number of nitrogens with zero attached hydrogens (tertiary/aromatic N) is 1. The number of carbonyl (C=O) groups is 2. The van der Waals surface area contributed by atoms with E-state index >= 15 is 0 Å². The normalized spacial score (nSPS) is 11.6. The van der Waals surface area contributed by atoms with Gasteiger partial charge in [-0.3, -0.25) is 9.59 Å². The molecule has 0 heterocycles. The highest BCUT2D eigenvalue weighted by atomic mass is 79.9. The number of benzene rings is 2. The van der Waals surface area contributed by atoms with Gasteiger partial charge in [-0.2, -0.15) is 0 Å². The summed E-state index contributed by atoms with van der Waals surface area (Å²) >= 11 is 12.8. The fourth-order valence-electron chi connectivity index (χ4n) is 2.77. The number of halogens is 3. The zero-order valence-electron chi connectivity index (χ0n) is 17.0. The van der Waals surface area contributed by atoms with Crippen molar-refractivity contribution in [3.05, 3.63) is 62.0 Å². The van der Waals surface area contributed by atoms with Crippen molar-refractivity contribution in [1.82, 2.24) is 10.2 Å². The molecule has 162 valence electrons. The van der Waals surface area contributed by atoms with Crippen molar-refractivity contribution in [2.24, 2.45) is 0 Å². The van der Waals surface area contributed by atoms with Crippen molar-refractivity contribution in [3.8, 4) is 5.75 Å². The van der Waals surface area contributed by atoms with E-state index in [1.165, 1.54) is 4.90 Å². The van der Waals surface area contributed by atoms with Gasteiger partial charge < -0.3 is 15.0 Å². The summed E-state index contributed by atoms with van der Waals surface area (Å²) in [6.45, 7) is 4.49. The van der Waals surface area contributed by atoms with Gasteiger partial charge in [0.1, 0.15) is 11.8 Å². The number of unbranched alkanes of at least 4 members (excludes halogenated alkanes) is 1. The Balaban J connectivity index is 2.13. The van der Waals surface area contributed by atoms with Crippen molar-refractivity contribution in [2.45, 2.75) is 39.3 Å². The third-order valence-electron chi connectivity index (χ3n) is 4.48. The maximum Gasteiger partial charge on any atom is 0.261 e. The van der Waals surface area contributed by atoms with Crippen molar-refractivity contribution in [3.63, 3.8) is 0 Å². The van der Waals surface area contributed by atoms with Crippen LogP contribution in [0.4, 0.5) is 0 Å². The summed E-state index contributed by atoms with van der Waals surface area (Å²) in [5.74, 6) is 0.0460. The van der Waals surface area contributed by atoms with E-state index in [0.717, 1.165) is 22.9 Å². The predicted molar refractivity (Wildman–Crippen MR) is 127 cm³/mol. The Kier molecular flexibility index (Phi) is 10.1. The molecule has 8 heteroatoms. The smallest absolute Gasteiger partial charge is 0.261 e. The van der Waals surface area contributed by atoms with Gasteiger partial charge in [0.25, 0.3) is 5.91 Å². The van der Waals surface area contributed by atoms with Gasteiger partial charge in [-0.05, 0) is 65.2 Å². The molecular formula is C22H25Br2ClN2O3. The van der Waals surface area contributed by atoms with Gasteiger partial charge in [0.15, 0.2) is 6.61 Å². The molecule has 1 atom stereocenters. The quantitative estimate of drug-likeness (QED) is 0.386. The molecule has 0 aliphatic carbocycles. The molecule has 2 aromatic rings. The van der Waals surface area contributed by atoms with E-state index in [0.29, 0.717) is 28.3 Å². The van der Waals surface area contributed by atoms with E-state index in [1.807, 2.05) is 24.3 Å². The first-order chi connectivity index (χ1) is 14.3. The fourth-order valence-corrected chi connectivity index (χ4v) is 4.01. The Labute approximate surface area is 199 Å². The summed E-state index contributed by atoms with van der Waals surface area (Å²) < 4.78 is 7.26. The van der Waals surface area contributed by atoms with Crippen molar-refractivity contribution < 1.29 is 14.3 Å². The second-order valence-corrected chi connectivity index (χ2v) is 9.04. The van der Waals surface area contributed by atoms with Crippen LogP contribution in [0.3, 0.4) is 0 Å². The predicted octanol–water partition coefficient (Wildman–Crippen LogP) is 5.58. The van der Waals surface area contributed by atoms with Crippen LogP contribution in [0.2, 0.25) is 5.02 Å². The third-order valence-corrected chi connectivity index (χ3v) is 5.83. The molecule has 30 heavy (non-hydrogen) atoms. The molecule has 5 nitrogen and oxygen atoms in total. The minimum absolute atomic E-state index is 0.181. The number of hydrogen-bond donors (Lipinski definition) is 1. The van der Waals surface area contributed by atoms with Crippen LogP contribution in [0.25, 0.3) is 0 Å². The zero-order valence-corrected chi connectivity index (χ0v) is 20.9. The lowest BCUT2D eigenvalue weighted by molar-refractivity contribution is -0.142. The average Bonchev–Trinajstić information content (AvgIpc) is 2.71. The van der Waals surface area contributed by atoms with Crippen LogP contribution in [0.15, 0.2) is 51.4 Å². The van der Waals surface area contributed by atoms with Crippen LogP contribution in [0.5, 0.6) is 5.75 Å². The molecule has 1 N–H and O–H groups in total. The van der Waals surface area contributed by atoms with Crippen LogP contribution >= 0.6 is 43.5 Å². The molecular weight excluding hydrogens is 536 g/mol. The van der Waals surface area contributed by atoms with Crippen molar-refractivity contribution in [2.75, 3.05) is 13.2 Å². The van der Waals surface area contributed by atoms with E-state index in [9.17, 15) is 9.59 Å². The summed E-state index contributed by atoms with van der Waals surface area (Å²) in [7, 11) is 0. The number of carbonyl (C=O) groups excluding carboxylic acids is 2. The first-order valence-electron chi connectivity index (χ1n) is 9.71. The minimum Gasteiger partial charge on any atom is -0.483 e. The summed E-state index contributed by atoms with van der Waals surface area (Å²) in [4.78, 5) is 27.2. The molecule has 0 aromatic heterocycles. The Morgan fingerprint density at radius 3 is 2.63 bits per heavy atom. The highest BCUT2D eigenvalue weighted by molar-refractivity contribution is 9.10. The topological polar surface area (TPSA) is 58.6 Å². The van der Waals surface area contributed by atoms with Gasteiger partial charge in [0.05, 0.1) is 4.47 Å². The average molecular weight is 561 g/mol. The standard InChI is InChI=1S/C22H25Br2ClN2O3/c1-3-4-10-26-22(29)15(2)27(13-16-6-5-7-17(23)11-16)21(28)14-30-20-9-8-18(25)12-19(20)24/h5-9,11-12,15H,3-4,10,13-14H2,1-2H3,(H,26,29)/t15-/m1/s1. The minimum atomic E-state index is -0.634. The fraction of sp³-hybridized carbons (Fsp3) is 0.364. The maximum absolute atomic E-state index is 13.0. The first-order valence-corrected chi connectivity index (χ1v) is 11.7. The number of hydrogen-bond acceptors (Lipinski definition) is 3. The van der Waals surface area contributed by atoms with E-state index < -0.39 is 6.04 Å². The molecule has 0 fully saturated rings. The van der Waals surface area contributed by atoms with Crippen molar-refractivity contribution in [1.29, 1.82) is 0 Å². The van der Waals surface area contributed by atoms with E-state index in [1.54, 1.807) is 25.1 Å². The van der Waals surface area contributed by atoms with Crippen LogP contribution in [0, 0.1) is 0 Å². The Bertz CT molecular complexity index is 879. The second kappa shape index (κ2) is 12.3. The zero-order chi connectivity index (χ0) is 22.1. The first kappa shape index (κ1) is 24.7. The number of rotatable bonds is 10. The molecule has 0 spiro atoms. The number of nitrogens with one attached hydrogen (secondary N) is 1. The van der Waals surface area contributed by atoms with Gasteiger partial charge in [0.2, 0.25) is 5.91 Å². The molecule has 2 rings (SSSR count). The monoisotopic (exact) mass is 558 g/mol. The van der Waals surface area contributed by atoms with E-state index in [4.69, 9.17) is 16.3 Å². The summed E-state index contributed by atoms with van der Waals surface area (Å²) in [5.41, 5.74) is 0.915. The van der Waals surface area contributed by atoms with Crippen LogP contribution < -0.4 is 10.1 Å². The summed E-state index contributed by atoms with van der Waals surface area (Å²) in [6.07, 6.45) is 1.88. The molecule has 2 amide bonds. The molecule has 0 unspecified atom stereocenters. The summed E-state index contributed by atoms with van der Waals surface area (Å²) in [6, 6.07) is 12.1. The molecule has 0 saturated heterocycles. The lowest BCUT2D eigenvalue weighted by Crippen LogP contribution is -2.49. The molecule has 0 aliphatic rings.